The van der Waals surface area contributed by atoms with Crippen molar-refractivity contribution < 1.29 is 22.8 Å². The second-order valence-corrected chi connectivity index (χ2v) is 9.51. The molecule has 1 saturated heterocycles. The van der Waals surface area contributed by atoms with Crippen LogP contribution in [0.25, 0.3) is 0 Å². The number of amides is 1. The van der Waals surface area contributed by atoms with Gasteiger partial charge in [-0.15, -0.1) is 0 Å². The molecule has 1 aromatic carbocycles. The van der Waals surface area contributed by atoms with E-state index in [-0.39, 0.29) is 17.7 Å². The molecule has 184 valence electrons. The van der Waals surface area contributed by atoms with Gasteiger partial charge in [0.15, 0.2) is 0 Å². The molecule has 0 bridgehead atoms. The van der Waals surface area contributed by atoms with Crippen LogP contribution in [-0.4, -0.2) is 55.4 Å². The number of hydrogen-bond acceptors (Lipinski definition) is 4. The fourth-order valence-corrected chi connectivity index (χ4v) is 4.87. The standard InChI is InChI=1S/C25H36F3N3O2/c1-19(32)4-2-7-24(33)29-22-10-8-20(9-11-22)12-13-30-14-16-31(17-15-30)23-6-3-5-21(18-23)25(26,27)28/h3,5-6,18,20,22H,2,4,7-17H2,1H3,(H,29,33). The highest BCUT2D eigenvalue weighted by Gasteiger charge is 2.31. The lowest BCUT2D eigenvalue weighted by Gasteiger charge is -2.37. The predicted octanol–water partition coefficient (Wildman–Crippen LogP) is 4.65. The number of halogens is 3. The predicted molar refractivity (Wildman–Crippen MR) is 123 cm³/mol. The lowest BCUT2D eigenvalue weighted by molar-refractivity contribution is -0.137. The van der Waals surface area contributed by atoms with Gasteiger partial charge >= 0.3 is 6.18 Å². The van der Waals surface area contributed by atoms with Gasteiger partial charge in [0.05, 0.1) is 5.56 Å². The smallest absolute Gasteiger partial charge is 0.369 e. The molecular weight excluding hydrogens is 431 g/mol. The molecule has 1 heterocycles. The summed E-state index contributed by atoms with van der Waals surface area (Å²) in [6.45, 7) is 5.77. The minimum Gasteiger partial charge on any atom is -0.369 e. The monoisotopic (exact) mass is 467 g/mol. The molecule has 0 spiro atoms. The first-order chi connectivity index (χ1) is 15.7. The molecule has 1 aliphatic heterocycles. The van der Waals surface area contributed by atoms with Crippen LogP contribution < -0.4 is 10.2 Å². The fraction of sp³-hybridized carbons (Fsp3) is 0.680. The third-order valence-corrected chi connectivity index (χ3v) is 6.91. The number of Topliss-reactive ketones (excluding diaryl/α,β-unsaturated/α-hetero) is 1. The first-order valence-electron chi connectivity index (χ1n) is 12.1. The summed E-state index contributed by atoms with van der Waals surface area (Å²) in [5.41, 5.74) is 0.0522. The van der Waals surface area contributed by atoms with E-state index in [0.29, 0.717) is 30.9 Å². The van der Waals surface area contributed by atoms with Crippen molar-refractivity contribution in [2.24, 2.45) is 5.92 Å². The largest absolute Gasteiger partial charge is 0.416 e. The van der Waals surface area contributed by atoms with Crippen molar-refractivity contribution in [3.63, 3.8) is 0 Å². The van der Waals surface area contributed by atoms with E-state index in [0.717, 1.165) is 70.9 Å². The van der Waals surface area contributed by atoms with E-state index in [4.69, 9.17) is 0 Å². The molecule has 3 rings (SSSR count). The van der Waals surface area contributed by atoms with Crippen LogP contribution in [0.4, 0.5) is 18.9 Å². The topological polar surface area (TPSA) is 52.7 Å². The molecule has 8 heteroatoms. The molecule has 2 aliphatic rings. The van der Waals surface area contributed by atoms with Crippen LogP contribution in [-0.2, 0) is 15.8 Å². The van der Waals surface area contributed by atoms with Gasteiger partial charge in [0, 0.05) is 50.7 Å². The van der Waals surface area contributed by atoms with E-state index in [1.165, 1.54) is 12.1 Å². The Labute approximate surface area is 194 Å². The molecule has 1 amide bonds. The lowest BCUT2D eigenvalue weighted by Crippen LogP contribution is -2.47. The number of benzene rings is 1. The third kappa shape index (κ3) is 8.32. The lowest BCUT2D eigenvalue weighted by atomic mass is 9.84. The quantitative estimate of drug-likeness (QED) is 0.574. The molecule has 0 atom stereocenters. The van der Waals surface area contributed by atoms with Crippen molar-refractivity contribution in [3.05, 3.63) is 29.8 Å². The zero-order valence-corrected chi connectivity index (χ0v) is 19.5. The van der Waals surface area contributed by atoms with Gasteiger partial charge in [-0.05, 0) is 76.1 Å². The molecule has 0 unspecified atom stereocenters. The molecule has 1 aliphatic carbocycles. The summed E-state index contributed by atoms with van der Waals surface area (Å²) in [7, 11) is 0. The Hall–Kier alpha value is -2.09. The van der Waals surface area contributed by atoms with Crippen molar-refractivity contribution in [1.82, 2.24) is 10.2 Å². The summed E-state index contributed by atoms with van der Waals surface area (Å²) < 4.78 is 38.9. The molecule has 1 aromatic rings. The van der Waals surface area contributed by atoms with E-state index in [1.807, 2.05) is 4.90 Å². The minimum absolute atomic E-state index is 0.0540. The van der Waals surface area contributed by atoms with Crippen LogP contribution in [0.3, 0.4) is 0 Å². The van der Waals surface area contributed by atoms with Crippen LogP contribution in [0.1, 0.15) is 63.9 Å². The Kier molecular flexibility index (Phi) is 9.18. The van der Waals surface area contributed by atoms with Crippen LogP contribution in [0.2, 0.25) is 0 Å². The van der Waals surface area contributed by atoms with E-state index < -0.39 is 11.7 Å². The first-order valence-corrected chi connectivity index (χ1v) is 12.1. The maximum absolute atomic E-state index is 13.0. The second-order valence-electron chi connectivity index (χ2n) is 9.51. The number of anilines is 1. The SMILES string of the molecule is CC(=O)CCCC(=O)NC1CCC(CCN2CCN(c3cccc(C(F)(F)F)c3)CC2)CC1. The molecule has 1 N–H and O–H groups in total. The van der Waals surface area contributed by atoms with Gasteiger partial charge in [-0.25, -0.2) is 0 Å². The second kappa shape index (κ2) is 11.9. The summed E-state index contributed by atoms with van der Waals surface area (Å²) in [6, 6.07) is 5.85. The number of carbonyl (C=O) groups is 2. The van der Waals surface area contributed by atoms with Gasteiger partial charge < -0.3 is 15.0 Å². The number of nitrogens with zero attached hydrogens (tertiary/aromatic N) is 2. The highest BCUT2D eigenvalue weighted by molar-refractivity contribution is 5.78. The van der Waals surface area contributed by atoms with Gasteiger partial charge in [0.1, 0.15) is 5.78 Å². The summed E-state index contributed by atoms with van der Waals surface area (Å²) in [5.74, 6) is 0.844. The Morgan fingerprint density at radius 1 is 1.03 bits per heavy atom. The Bertz CT molecular complexity index is 783. The Morgan fingerprint density at radius 2 is 1.73 bits per heavy atom. The van der Waals surface area contributed by atoms with Crippen molar-refractivity contribution in [2.45, 2.75) is 70.5 Å². The number of ketones is 1. The summed E-state index contributed by atoms with van der Waals surface area (Å²) in [6.07, 6.45) is 2.57. The summed E-state index contributed by atoms with van der Waals surface area (Å²) in [4.78, 5) is 27.4. The number of piperazine rings is 1. The molecule has 0 aromatic heterocycles. The van der Waals surface area contributed by atoms with Crippen LogP contribution in [0, 0.1) is 5.92 Å². The number of hydrogen-bond donors (Lipinski definition) is 1. The number of alkyl halides is 3. The van der Waals surface area contributed by atoms with Gasteiger partial charge in [0.2, 0.25) is 5.91 Å². The maximum Gasteiger partial charge on any atom is 0.416 e. The maximum atomic E-state index is 13.0. The van der Waals surface area contributed by atoms with Crippen LogP contribution in [0.5, 0.6) is 0 Å². The average molecular weight is 468 g/mol. The fourth-order valence-electron chi connectivity index (χ4n) is 4.87. The highest BCUT2D eigenvalue weighted by Crippen LogP contribution is 2.32. The van der Waals surface area contributed by atoms with Gasteiger partial charge in [-0.2, -0.15) is 13.2 Å². The third-order valence-electron chi connectivity index (χ3n) is 6.91. The zero-order valence-electron chi connectivity index (χ0n) is 19.5. The molecule has 2 fully saturated rings. The molecular formula is C25H36F3N3O2. The van der Waals surface area contributed by atoms with E-state index in [2.05, 4.69) is 10.2 Å². The van der Waals surface area contributed by atoms with E-state index >= 15 is 0 Å². The van der Waals surface area contributed by atoms with E-state index in [9.17, 15) is 22.8 Å². The zero-order chi connectivity index (χ0) is 23.8. The first kappa shape index (κ1) is 25.5. The van der Waals surface area contributed by atoms with Gasteiger partial charge in [0.25, 0.3) is 0 Å². The van der Waals surface area contributed by atoms with Crippen molar-refractivity contribution in [1.29, 1.82) is 0 Å². The van der Waals surface area contributed by atoms with Crippen molar-refractivity contribution in [3.8, 4) is 0 Å². The minimum atomic E-state index is -4.31. The number of carbonyl (C=O) groups excluding carboxylic acids is 2. The normalized spacial score (nSPS) is 22.2. The average Bonchev–Trinajstić information content (AvgIpc) is 2.78. The summed E-state index contributed by atoms with van der Waals surface area (Å²) in [5, 5.41) is 3.12. The Balaban J connectivity index is 1.32. The Morgan fingerprint density at radius 3 is 2.36 bits per heavy atom. The van der Waals surface area contributed by atoms with Gasteiger partial charge in [-0.1, -0.05) is 6.07 Å². The van der Waals surface area contributed by atoms with Crippen molar-refractivity contribution in [2.75, 3.05) is 37.6 Å². The molecule has 5 nitrogen and oxygen atoms in total. The van der Waals surface area contributed by atoms with Gasteiger partial charge in [-0.3, -0.25) is 9.69 Å². The van der Waals surface area contributed by atoms with Crippen LogP contribution in [0.15, 0.2) is 24.3 Å². The number of rotatable bonds is 9. The molecule has 1 saturated carbocycles. The molecule has 0 radical (unpaired) electrons. The number of nitrogens with one attached hydrogen (secondary N) is 1. The highest BCUT2D eigenvalue weighted by atomic mass is 19.4. The van der Waals surface area contributed by atoms with Crippen LogP contribution >= 0.6 is 0 Å². The van der Waals surface area contributed by atoms with Crippen molar-refractivity contribution >= 4 is 17.4 Å². The molecule has 33 heavy (non-hydrogen) atoms. The van der Waals surface area contributed by atoms with E-state index in [1.54, 1.807) is 13.0 Å². The summed E-state index contributed by atoms with van der Waals surface area (Å²) >= 11 is 0.